The van der Waals surface area contributed by atoms with Crippen molar-refractivity contribution in [3.05, 3.63) is 0 Å². The van der Waals surface area contributed by atoms with Crippen LogP contribution >= 0.6 is 0 Å². The Bertz CT molecular complexity index is 398. The minimum Gasteiger partial charge on any atom is -0.479 e. The highest BCUT2D eigenvalue weighted by Gasteiger charge is 2.58. The third-order valence-electron chi connectivity index (χ3n) is 2.22. The van der Waals surface area contributed by atoms with Gasteiger partial charge in [-0.1, -0.05) is 0 Å². The molecule has 0 aliphatic rings. The molecule has 0 aliphatic heterocycles. The van der Waals surface area contributed by atoms with Gasteiger partial charge in [0.1, 0.15) is 0 Å². The molecule has 116 valence electrons. The smallest absolute Gasteiger partial charge is 0.422 e. The van der Waals surface area contributed by atoms with Gasteiger partial charge in [0.25, 0.3) is 0 Å². The molecule has 0 aromatic carbocycles. The van der Waals surface area contributed by atoms with Crippen molar-refractivity contribution in [3.63, 3.8) is 0 Å². The number of nitrogens with one attached hydrogen (secondary N) is 3. The topological polar surface area (TPSA) is 108 Å². The van der Waals surface area contributed by atoms with Crippen molar-refractivity contribution >= 4 is 17.9 Å². The van der Waals surface area contributed by atoms with Gasteiger partial charge in [-0.2, -0.15) is 13.2 Å². The molecule has 0 aromatic heterocycles. The zero-order valence-corrected chi connectivity index (χ0v) is 11.1. The summed E-state index contributed by atoms with van der Waals surface area (Å²) >= 11 is 0. The van der Waals surface area contributed by atoms with Crippen molar-refractivity contribution in [1.29, 1.82) is 0 Å². The molecule has 4 N–H and O–H groups in total. The summed E-state index contributed by atoms with van der Waals surface area (Å²) < 4.78 is 37.8. The van der Waals surface area contributed by atoms with Crippen molar-refractivity contribution in [2.24, 2.45) is 0 Å². The number of urea groups is 1. The average molecular weight is 299 g/mol. The van der Waals surface area contributed by atoms with Gasteiger partial charge in [0.05, 0.1) is 6.54 Å². The van der Waals surface area contributed by atoms with E-state index in [0.29, 0.717) is 6.92 Å². The van der Waals surface area contributed by atoms with E-state index in [0.717, 1.165) is 0 Å². The second-order valence-electron chi connectivity index (χ2n) is 4.46. The molecule has 0 spiro atoms. The van der Waals surface area contributed by atoms with E-state index >= 15 is 0 Å². The summed E-state index contributed by atoms with van der Waals surface area (Å²) in [6, 6.07) is -1.61. The van der Waals surface area contributed by atoms with E-state index in [1.165, 1.54) is 5.32 Å². The van der Waals surface area contributed by atoms with Crippen LogP contribution in [-0.4, -0.2) is 47.3 Å². The summed E-state index contributed by atoms with van der Waals surface area (Å²) in [4.78, 5) is 33.0. The highest BCUT2D eigenvalue weighted by atomic mass is 19.4. The van der Waals surface area contributed by atoms with Gasteiger partial charge in [0.2, 0.25) is 11.4 Å². The molecule has 0 heterocycles. The van der Waals surface area contributed by atoms with E-state index in [2.05, 4.69) is 5.32 Å². The summed E-state index contributed by atoms with van der Waals surface area (Å²) in [6.07, 6.45) is -5.18. The van der Waals surface area contributed by atoms with Crippen molar-refractivity contribution in [1.82, 2.24) is 16.0 Å². The first-order valence-corrected chi connectivity index (χ1v) is 5.55. The number of carboxylic acids is 1. The molecular formula is C10H16F3N3O4. The van der Waals surface area contributed by atoms with Crippen LogP contribution in [0, 0.1) is 0 Å². The fraction of sp³-hybridized carbons (Fsp3) is 0.700. The maximum Gasteiger partial charge on any atom is 0.422 e. The van der Waals surface area contributed by atoms with E-state index in [9.17, 15) is 27.6 Å². The predicted octanol–water partition coefficient (Wildman–Crippen LogP) is 0.216. The van der Waals surface area contributed by atoms with Gasteiger partial charge in [-0.25, -0.2) is 9.59 Å². The molecule has 1 unspecified atom stereocenters. The molecule has 1 atom stereocenters. The Balaban J connectivity index is 4.59. The lowest BCUT2D eigenvalue weighted by molar-refractivity contribution is -0.203. The van der Waals surface area contributed by atoms with Crippen LogP contribution in [0.1, 0.15) is 20.8 Å². The molecule has 0 saturated carbocycles. The zero-order chi connectivity index (χ0) is 16.1. The minimum atomic E-state index is -5.18. The molecule has 0 saturated heterocycles. The Morgan fingerprint density at radius 3 is 2.05 bits per heavy atom. The summed E-state index contributed by atoms with van der Waals surface area (Å²) in [7, 11) is 0. The third-order valence-corrected chi connectivity index (χ3v) is 2.22. The SMILES string of the molecule is CC(C)NC(=O)CNC(=O)NC(C)(C(=O)O)C(F)(F)F. The van der Waals surface area contributed by atoms with Crippen molar-refractivity contribution < 1.29 is 32.7 Å². The Morgan fingerprint density at radius 1 is 1.20 bits per heavy atom. The normalized spacial score (nSPS) is 14.3. The lowest BCUT2D eigenvalue weighted by Gasteiger charge is -2.28. The van der Waals surface area contributed by atoms with Crippen LogP contribution in [0.25, 0.3) is 0 Å². The molecule has 0 radical (unpaired) electrons. The zero-order valence-electron chi connectivity index (χ0n) is 11.1. The standard InChI is InChI=1S/C10H16F3N3O4/c1-5(2)15-6(17)4-14-8(20)16-9(3,7(18)19)10(11,12)13/h5H,4H2,1-3H3,(H,15,17)(H,18,19)(H2,14,16,20). The van der Waals surface area contributed by atoms with Gasteiger partial charge in [-0.15, -0.1) is 0 Å². The highest BCUT2D eigenvalue weighted by Crippen LogP contribution is 2.30. The summed E-state index contributed by atoms with van der Waals surface area (Å²) in [5.41, 5.74) is -3.44. The maximum absolute atomic E-state index is 12.6. The molecule has 10 heteroatoms. The Labute approximate surface area is 112 Å². The van der Waals surface area contributed by atoms with Gasteiger partial charge in [-0.05, 0) is 20.8 Å². The molecule has 0 aliphatic carbocycles. The number of carboxylic acid groups (broad SMARTS) is 1. The average Bonchev–Trinajstić information content (AvgIpc) is 2.23. The van der Waals surface area contributed by atoms with Crippen LogP contribution in [0.3, 0.4) is 0 Å². The minimum absolute atomic E-state index is 0.202. The second kappa shape index (κ2) is 6.44. The Kier molecular flexibility index (Phi) is 5.79. The van der Waals surface area contributed by atoms with E-state index in [-0.39, 0.29) is 6.04 Å². The molecule has 3 amide bonds. The van der Waals surface area contributed by atoms with Crippen molar-refractivity contribution in [2.75, 3.05) is 6.54 Å². The number of carbonyl (C=O) groups is 3. The summed E-state index contributed by atoms with van der Waals surface area (Å²) in [5.74, 6) is -2.87. The third kappa shape index (κ3) is 4.94. The van der Waals surface area contributed by atoms with Gasteiger partial charge >= 0.3 is 18.2 Å². The summed E-state index contributed by atoms with van der Waals surface area (Å²) in [5, 5.41) is 14.1. The van der Waals surface area contributed by atoms with Crippen LogP contribution in [0.5, 0.6) is 0 Å². The van der Waals surface area contributed by atoms with Crippen LogP contribution in [-0.2, 0) is 9.59 Å². The molecule has 7 nitrogen and oxygen atoms in total. The van der Waals surface area contributed by atoms with Gasteiger partial charge in [0, 0.05) is 6.04 Å². The van der Waals surface area contributed by atoms with Crippen LogP contribution < -0.4 is 16.0 Å². The number of rotatable bonds is 5. The number of hydrogen-bond donors (Lipinski definition) is 4. The van der Waals surface area contributed by atoms with Crippen LogP contribution in [0.15, 0.2) is 0 Å². The fourth-order valence-corrected chi connectivity index (χ4v) is 1.05. The van der Waals surface area contributed by atoms with Gasteiger partial charge in [-0.3, -0.25) is 4.79 Å². The van der Waals surface area contributed by atoms with Crippen molar-refractivity contribution in [2.45, 2.75) is 38.5 Å². The van der Waals surface area contributed by atoms with Crippen LogP contribution in [0.4, 0.5) is 18.0 Å². The summed E-state index contributed by atoms with van der Waals surface area (Å²) in [6.45, 7) is 3.05. The van der Waals surface area contributed by atoms with Crippen molar-refractivity contribution in [3.8, 4) is 0 Å². The van der Waals surface area contributed by atoms with Crippen LogP contribution in [0.2, 0.25) is 0 Å². The molecule has 0 fully saturated rings. The number of halogens is 3. The monoisotopic (exact) mass is 299 g/mol. The van der Waals surface area contributed by atoms with E-state index in [1.807, 2.05) is 5.32 Å². The maximum atomic E-state index is 12.6. The number of amides is 3. The van der Waals surface area contributed by atoms with E-state index in [1.54, 1.807) is 13.8 Å². The predicted molar refractivity (Wildman–Crippen MR) is 61.9 cm³/mol. The number of aliphatic carboxylic acids is 1. The second-order valence-corrected chi connectivity index (χ2v) is 4.46. The molecule has 0 bridgehead atoms. The van der Waals surface area contributed by atoms with Gasteiger partial charge in [0.15, 0.2) is 0 Å². The fourth-order valence-electron chi connectivity index (χ4n) is 1.05. The van der Waals surface area contributed by atoms with E-state index < -0.39 is 36.2 Å². The Hall–Kier alpha value is -2.00. The Morgan fingerprint density at radius 2 is 1.70 bits per heavy atom. The molecule has 0 rings (SSSR count). The molecule has 0 aromatic rings. The van der Waals surface area contributed by atoms with E-state index in [4.69, 9.17) is 5.11 Å². The van der Waals surface area contributed by atoms with Gasteiger partial charge < -0.3 is 21.1 Å². The lowest BCUT2D eigenvalue weighted by atomic mass is 10.0. The number of carbonyl (C=O) groups excluding carboxylic acids is 2. The first kappa shape index (κ1) is 18.0. The molecular weight excluding hydrogens is 283 g/mol. The first-order valence-electron chi connectivity index (χ1n) is 5.55. The quantitative estimate of drug-likeness (QED) is 0.582. The lowest BCUT2D eigenvalue weighted by Crippen LogP contribution is -2.64. The molecule has 20 heavy (non-hydrogen) atoms. The highest BCUT2D eigenvalue weighted by molar-refractivity contribution is 5.89. The largest absolute Gasteiger partial charge is 0.479 e. The number of alkyl halides is 3. The first-order chi connectivity index (χ1) is 8.90. The number of hydrogen-bond acceptors (Lipinski definition) is 3.